The Kier molecular flexibility index (Phi) is 6.94. The molecule has 1 rings (SSSR count). The number of carbonyl (C=O) groups is 2. The fraction of sp³-hybridized carbons (Fsp3) is 0.429. The molecule has 0 aliphatic heterocycles. The maximum Gasteiger partial charge on any atom is 0.258 e. The van der Waals surface area contributed by atoms with E-state index in [-0.39, 0.29) is 23.3 Å². The normalized spacial score (nSPS) is 11.6. The van der Waals surface area contributed by atoms with Crippen molar-refractivity contribution < 1.29 is 18.7 Å². The zero-order chi connectivity index (χ0) is 15.8. The average Bonchev–Trinajstić information content (AvgIpc) is 2.45. The quantitative estimate of drug-likeness (QED) is 0.807. The lowest BCUT2D eigenvalue weighted by Crippen LogP contribution is -2.46. The van der Waals surface area contributed by atoms with E-state index in [1.165, 1.54) is 12.1 Å². The summed E-state index contributed by atoms with van der Waals surface area (Å²) < 4.78 is 18.1. The molecular weight excluding hydrogens is 299 g/mol. The zero-order valence-electron chi connectivity index (χ0n) is 11.9. The van der Waals surface area contributed by atoms with Gasteiger partial charge in [-0.2, -0.15) is 0 Å². The van der Waals surface area contributed by atoms with Crippen LogP contribution >= 0.6 is 11.6 Å². The molecule has 0 spiro atoms. The van der Waals surface area contributed by atoms with Crippen LogP contribution in [0.25, 0.3) is 0 Å². The van der Waals surface area contributed by atoms with Crippen molar-refractivity contribution in [3.8, 4) is 5.75 Å². The number of halogens is 2. The second-order valence-corrected chi connectivity index (χ2v) is 4.85. The van der Waals surface area contributed by atoms with Gasteiger partial charge in [0.05, 0.1) is 5.02 Å². The molecule has 1 atom stereocenters. The summed E-state index contributed by atoms with van der Waals surface area (Å²) in [7, 11) is 0. The van der Waals surface area contributed by atoms with E-state index in [1.807, 2.05) is 6.92 Å². The highest BCUT2D eigenvalue weighted by Gasteiger charge is 2.15. The van der Waals surface area contributed by atoms with Crippen molar-refractivity contribution in [1.82, 2.24) is 10.6 Å². The molecule has 0 radical (unpaired) electrons. The minimum absolute atomic E-state index is 0.0831. The highest BCUT2D eigenvalue weighted by atomic mass is 35.5. The Balaban J connectivity index is 2.39. The second kappa shape index (κ2) is 8.46. The van der Waals surface area contributed by atoms with Crippen LogP contribution in [0.2, 0.25) is 5.02 Å². The van der Waals surface area contributed by atoms with Crippen LogP contribution in [0.4, 0.5) is 4.39 Å². The maximum absolute atomic E-state index is 12.9. The number of rotatable bonds is 7. The SMILES string of the molecule is CCCNC(=O)[C@@H](C)NC(=O)COc1ccc(F)c(Cl)c1. The minimum Gasteiger partial charge on any atom is -0.484 e. The van der Waals surface area contributed by atoms with Gasteiger partial charge in [0, 0.05) is 12.6 Å². The fourth-order valence-corrected chi connectivity index (χ4v) is 1.64. The number of benzene rings is 1. The molecule has 1 aromatic carbocycles. The van der Waals surface area contributed by atoms with E-state index >= 15 is 0 Å². The van der Waals surface area contributed by atoms with E-state index in [0.29, 0.717) is 6.54 Å². The van der Waals surface area contributed by atoms with Crippen LogP contribution in [0.15, 0.2) is 18.2 Å². The summed E-state index contributed by atoms with van der Waals surface area (Å²) >= 11 is 5.60. The monoisotopic (exact) mass is 316 g/mol. The number of ether oxygens (including phenoxy) is 1. The first-order valence-electron chi connectivity index (χ1n) is 6.59. The lowest BCUT2D eigenvalue weighted by atomic mass is 10.3. The van der Waals surface area contributed by atoms with Crippen molar-refractivity contribution in [2.24, 2.45) is 0 Å². The van der Waals surface area contributed by atoms with Crippen LogP contribution < -0.4 is 15.4 Å². The molecule has 0 aromatic heterocycles. The summed E-state index contributed by atoms with van der Waals surface area (Å²) in [6, 6.07) is 3.15. The van der Waals surface area contributed by atoms with Gasteiger partial charge in [-0.05, 0) is 25.5 Å². The summed E-state index contributed by atoms with van der Waals surface area (Å²) in [5, 5.41) is 5.09. The van der Waals surface area contributed by atoms with Gasteiger partial charge in [-0.25, -0.2) is 4.39 Å². The molecule has 2 amide bonds. The molecule has 2 N–H and O–H groups in total. The molecule has 7 heteroatoms. The van der Waals surface area contributed by atoms with E-state index in [9.17, 15) is 14.0 Å². The molecule has 116 valence electrons. The first-order valence-corrected chi connectivity index (χ1v) is 6.96. The highest BCUT2D eigenvalue weighted by molar-refractivity contribution is 6.30. The van der Waals surface area contributed by atoms with E-state index < -0.39 is 17.8 Å². The summed E-state index contributed by atoms with van der Waals surface area (Å²) in [6.45, 7) is 3.79. The van der Waals surface area contributed by atoms with Gasteiger partial charge in [0.25, 0.3) is 5.91 Å². The Morgan fingerprint density at radius 2 is 2.14 bits per heavy atom. The number of carbonyl (C=O) groups excluding carboxylic acids is 2. The molecule has 0 aliphatic rings. The van der Waals surface area contributed by atoms with Gasteiger partial charge in [0.2, 0.25) is 5.91 Å². The first-order chi connectivity index (χ1) is 9.93. The van der Waals surface area contributed by atoms with Crippen molar-refractivity contribution >= 4 is 23.4 Å². The third-order valence-corrected chi connectivity index (χ3v) is 2.87. The van der Waals surface area contributed by atoms with Crippen LogP contribution in [-0.4, -0.2) is 31.0 Å². The predicted molar refractivity (Wildman–Crippen MR) is 77.8 cm³/mol. The Hall–Kier alpha value is -1.82. The summed E-state index contributed by atoms with van der Waals surface area (Å²) in [5.41, 5.74) is 0. The van der Waals surface area contributed by atoms with Crippen LogP contribution in [0, 0.1) is 5.82 Å². The Bertz CT molecular complexity index is 511. The molecule has 0 unspecified atom stereocenters. The van der Waals surface area contributed by atoms with Crippen LogP contribution in [-0.2, 0) is 9.59 Å². The van der Waals surface area contributed by atoms with Crippen molar-refractivity contribution in [3.63, 3.8) is 0 Å². The highest BCUT2D eigenvalue weighted by Crippen LogP contribution is 2.20. The molecule has 0 saturated carbocycles. The minimum atomic E-state index is -0.649. The van der Waals surface area contributed by atoms with Crippen LogP contribution in [0.3, 0.4) is 0 Å². The summed E-state index contributed by atoms with van der Waals surface area (Å²) in [5.74, 6) is -0.987. The third kappa shape index (κ3) is 5.99. The van der Waals surface area contributed by atoms with E-state index in [2.05, 4.69) is 10.6 Å². The van der Waals surface area contributed by atoms with Crippen molar-refractivity contribution in [3.05, 3.63) is 29.0 Å². The standard InChI is InChI=1S/C14H18ClFN2O3/c1-3-6-17-14(20)9(2)18-13(19)8-21-10-4-5-12(16)11(15)7-10/h4-5,7,9H,3,6,8H2,1-2H3,(H,17,20)(H,18,19)/t9-/m1/s1. The van der Waals surface area contributed by atoms with Gasteiger partial charge in [-0.15, -0.1) is 0 Å². The molecule has 0 bridgehead atoms. The predicted octanol–water partition coefficient (Wildman–Crippen LogP) is 1.89. The third-order valence-electron chi connectivity index (χ3n) is 2.58. The lowest BCUT2D eigenvalue weighted by molar-refractivity contribution is -0.129. The van der Waals surface area contributed by atoms with Crippen LogP contribution in [0.1, 0.15) is 20.3 Å². The van der Waals surface area contributed by atoms with Crippen LogP contribution in [0.5, 0.6) is 5.75 Å². The number of hydrogen-bond acceptors (Lipinski definition) is 3. The van der Waals surface area contributed by atoms with E-state index in [0.717, 1.165) is 12.5 Å². The lowest BCUT2D eigenvalue weighted by Gasteiger charge is -2.14. The smallest absolute Gasteiger partial charge is 0.258 e. The molecule has 21 heavy (non-hydrogen) atoms. The van der Waals surface area contributed by atoms with Gasteiger partial charge in [-0.1, -0.05) is 18.5 Å². The second-order valence-electron chi connectivity index (χ2n) is 4.44. The summed E-state index contributed by atoms with van der Waals surface area (Å²) in [6.07, 6.45) is 0.820. The topological polar surface area (TPSA) is 67.4 Å². The molecule has 0 heterocycles. The molecule has 0 fully saturated rings. The largest absolute Gasteiger partial charge is 0.484 e. The van der Waals surface area contributed by atoms with Crippen molar-refractivity contribution in [2.45, 2.75) is 26.3 Å². The van der Waals surface area contributed by atoms with Gasteiger partial charge in [0.1, 0.15) is 17.6 Å². The Morgan fingerprint density at radius 1 is 1.43 bits per heavy atom. The number of amides is 2. The van der Waals surface area contributed by atoms with Gasteiger partial charge < -0.3 is 15.4 Å². The van der Waals surface area contributed by atoms with Gasteiger partial charge >= 0.3 is 0 Å². The Morgan fingerprint density at radius 3 is 2.76 bits per heavy atom. The zero-order valence-corrected chi connectivity index (χ0v) is 12.7. The Labute approximate surface area is 127 Å². The molecule has 1 aromatic rings. The molecule has 0 saturated heterocycles. The maximum atomic E-state index is 12.9. The number of hydrogen-bond donors (Lipinski definition) is 2. The average molecular weight is 317 g/mol. The van der Waals surface area contributed by atoms with Gasteiger partial charge in [-0.3, -0.25) is 9.59 Å². The fourth-order valence-electron chi connectivity index (χ4n) is 1.47. The first kappa shape index (κ1) is 17.2. The molecular formula is C14H18ClFN2O3. The molecule has 5 nitrogen and oxygen atoms in total. The van der Waals surface area contributed by atoms with E-state index in [4.69, 9.17) is 16.3 Å². The van der Waals surface area contributed by atoms with Crippen molar-refractivity contribution in [1.29, 1.82) is 0 Å². The summed E-state index contributed by atoms with van der Waals surface area (Å²) in [4.78, 5) is 23.2. The molecule has 0 aliphatic carbocycles. The van der Waals surface area contributed by atoms with Gasteiger partial charge in [0.15, 0.2) is 6.61 Å². The number of nitrogens with one attached hydrogen (secondary N) is 2. The van der Waals surface area contributed by atoms with E-state index in [1.54, 1.807) is 6.92 Å². The van der Waals surface area contributed by atoms with Crippen molar-refractivity contribution in [2.75, 3.05) is 13.2 Å².